The molecular weight excluding hydrogens is 501 g/mol. The van der Waals surface area contributed by atoms with Gasteiger partial charge in [0.05, 0.1) is 0 Å². The third kappa shape index (κ3) is 3.89. The first-order valence-corrected chi connectivity index (χ1v) is 14.2. The number of fused-ring (bicyclic) bond motifs is 3. The number of anilines is 3. The molecule has 6 aromatic rings. The first-order valence-electron chi connectivity index (χ1n) is 12.4. The van der Waals surface area contributed by atoms with Crippen molar-refractivity contribution < 1.29 is 0 Å². The summed E-state index contributed by atoms with van der Waals surface area (Å²) < 4.78 is 2.82. The van der Waals surface area contributed by atoms with E-state index < -0.39 is 0 Å². The first-order chi connectivity index (χ1) is 17.8. The number of rotatable bonds is 4. The standard InChI is InChI=1S/C34H25NSe/c1-2-13-30(14-3-1)35(33-16-8-12-25-9-6-7-15-32(25)33)34-18-17-31(36-34)21-24-19-28-22-26-10-4-5-11-27(26)23-29(28)20-24/h1-18,21-23H,19-20H2. The van der Waals surface area contributed by atoms with Crippen molar-refractivity contribution in [3.8, 4) is 0 Å². The van der Waals surface area contributed by atoms with Gasteiger partial charge in [0.25, 0.3) is 0 Å². The molecule has 1 heterocycles. The van der Waals surface area contributed by atoms with E-state index in [4.69, 9.17) is 0 Å². The van der Waals surface area contributed by atoms with Crippen molar-refractivity contribution in [1.29, 1.82) is 0 Å². The van der Waals surface area contributed by atoms with Gasteiger partial charge in [-0.05, 0) is 0 Å². The molecule has 172 valence electrons. The molecule has 0 amide bonds. The van der Waals surface area contributed by atoms with Gasteiger partial charge in [-0.1, -0.05) is 0 Å². The van der Waals surface area contributed by atoms with E-state index in [-0.39, 0.29) is 14.5 Å². The van der Waals surface area contributed by atoms with E-state index in [1.807, 2.05) is 0 Å². The molecule has 7 rings (SSSR count). The number of nitrogens with zero attached hydrogens (tertiary/aromatic N) is 1. The summed E-state index contributed by atoms with van der Waals surface area (Å²) in [5, 5.41) is 5.25. The van der Waals surface area contributed by atoms with Crippen LogP contribution in [0.1, 0.15) is 15.6 Å². The van der Waals surface area contributed by atoms with Crippen LogP contribution in [0.4, 0.5) is 15.9 Å². The summed E-state index contributed by atoms with van der Waals surface area (Å²) in [5.74, 6) is 0. The second-order valence-electron chi connectivity index (χ2n) is 9.47. The fraction of sp³-hybridized carbons (Fsp3) is 0.0588. The van der Waals surface area contributed by atoms with Gasteiger partial charge in [-0.25, -0.2) is 0 Å². The van der Waals surface area contributed by atoms with Crippen LogP contribution in [-0.2, 0) is 12.8 Å². The Morgan fingerprint density at radius 3 is 1.97 bits per heavy atom. The zero-order chi connectivity index (χ0) is 23.9. The third-order valence-electron chi connectivity index (χ3n) is 7.10. The molecule has 5 aromatic carbocycles. The molecule has 0 fully saturated rings. The van der Waals surface area contributed by atoms with Crippen molar-refractivity contribution in [2.75, 3.05) is 4.90 Å². The van der Waals surface area contributed by atoms with Crippen LogP contribution in [0.15, 0.2) is 127 Å². The van der Waals surface area contributed by atoms with Crippen LogP contribution in [0.5, 0.6) is 0 Å². The summed E-state index contributed by atoms with van der Waals surface area (Å²) in [5.41, 5.74) is 6.96. The van der Waals surface area contributed by atoms with Crippen LogP contribution < -0.4 is 4.90 Å². The number of allylic oxidation sites excluding steroid dienone is 1. The number of hydrogen-bond acceptors (Lipinski definition) is 1. The summed E-state index contributed by atoms with van der Waals surface area (Å²) in [6.45, 7) is 0. The summed E-state index contributed by atoms with van der Waals surface area (Å²) in [7, 11) is 0. The topological polar surface area (TPSA) is 3.24 Å². The summed E-state index contributed by atoms with van der Waals surface area (Å²) in [6, 6.07) is 44.3. The fourth-order valence-corrected chi connectivity index (χ4v) is 7.59. The van der Waals surface area contributed by atoms with Crippen LogP contribution in [0.25, 0.3) is 27.6 Å². The van der Waals surface area contributed by atoms with Crippen molar-refractivity contribution >= 4 is 58.1 Å². The van der Waals surface area contributed by atoms with Crippen molar-refractivity contribution in [1.82, 2.24) is 0 Å². The van der Waals surface area contributed by atoms with Gasteiger partial charge in [0.2, 0.25) is 0 Å². The van der Waals surface area contributed by atoms with E-state index >= 15 is 0 Å². The molecule has 36 heavy (non-hydrogen) atoms. The zero-order valence-electron chi connectivity index (χ0n) is 19.9. The molecule has 1 aliphatic carbocycles. The number of benzene rings is 5. The SMILES string of the molecule is C(=C1Cc2cc3ccccc3cc2C1)c1ccc(N(c2ccccc2)c2cccc3ccccc23)[se]1. The molecule has 0 spiro atoms. The van der Waals surface area contributed by atoms with Crippen LogP contribution in [0, 0.1) is 0 Å². The molecule has 2 heteroatoms. The molecule has 1 aliphatic rings. The number of hydrogen-bond donors (Lipinski definition) is 0. The Labute approximate surface area is 217 Å². The van der Waals surface area contributed by atoms with E-state index in [1.165, 1.54) is 58.6 Å². The molecule has 0 saturated carbocycles. The van der Waals surface area contributed by atoms with Crippen molar-refractivity contribution in [3.05, 3.63) is 142 Å². The Morgan fingerprint density at radius 2 is 1.22 bits per heavy atom. The van der Waals surface area contributed by atoms with Gasteiger partial charge in [-0.3, -0.25) is 0 Å². The van der Waals surface area contributed by atoms with E-state index in [9.17, 15) is 0 Å². The van der Waals surface area contributed by atoms with Crippen LogP contribution >= 0.6 is 0 Å². The van der Waals surface area contributed by atoms with Gasteiger partial charge in [-0.2, -0.15) is 0 Å². The Morgan fingerprint density at radius 1 is 0.583 bits per heavy atom. The molecule has 1 aromatic heterocycles. The maximum absolute atomic E-state index is 2.47. The van der Waals surface area contributed by atoms with Gasteiger partial charge in [0.15, 0.2) is 0 Å². The van der Waals surface area contributed by atoms with Crippen molar-refractivity contribution in [2.24, 2.45) is 0 Å². The van der Waals surface area contributed by atoms with Crippen molar-refractivity contribution in [2.45, 2.75) is 12.8 Å². The Balaban J connectivity index is 1.26. The van der Waals surface area contributed by atoms with E-state index in [0.29, 0.717) is 0 Å². The van der Waals surface area contributed by atoms with E-state index in [2.05, 4.69) is 132 Å². The van der Waals surface area contributed by atoms with Gasteiger partial charge in [0.1, 0.15) is 0 Å². The van der Waals surface area contributed by atoms with Gasteiger partial charge < -0.3 is 0 Å². The van der Waals surface area contributed by atoms with Gasteiger partial charge >= 0.3 is 218 Å². The van der Waals surface area contributed by atoms with Gasteiger partial charge in [0, 0.05) is 0 Å². The molecule has 0 atom stereocenters. The molecule has 0 unspecified atom stereocenters. The van der Waals surface area contributed by atoms with E-state index in [0.717, 1.165) is 12.8 Å². The van der Waals surface area contributed by atoms with Gasteiger partial charge in [-0.15, -0.1) is 0 Å². The second kappa shape index (κ2) is 8.99. The molecule has 0 radical (unpaired) electrons. The summed E-state index contributed by atoms with van der Waals surface area (Å²) in [6.07, 6.45) is 4.60. The Kier molecular flexibility index (Phi) is 5.35. The molecule has 0 aliphatic heterocycles. The molecule has 0 bridgehead atoms. The average Bonchev–Trinajstić information content (AvgIpc) is 3.54. The second-order valence-corrected chi connectivity index (χ2v) is 11.8. The first kappa shape index (κ1) is 21.4. The quantitative estimate of drug-likeness (QED) is 0.208. The minimum absolute atomic E-state index is 0.235. The Bertz CT molecular complexity index is 1690. The summed E-state index contributed by atoms with van der Waals surface area (Å²) >= 11 is 0.235. The molecule has 0 N–H and O–H groups in total. The molecule has 0 saturated heterocycles. The van der Waals surface area contributed by atoms with E-state index in [1.54, 1.807) is 0 Å². The molecular formula is C34H25NSe. The van der Waals surface area contributed by atoms with Crippen LogP contribution in [0.2, 0.25) is 0 Å². The number of para-hydroxylation sites is 1. The van der Waals surface area contributed by atoms with Crippen molar-refractivity contribution in [3.63, 3.8) is 0 Å². The average molecular weight is 527 g/mol. The summed E-state index contributed by atoms with van der Waals surface area (Å²) in [4.78, 5) is 2.46. The minimum atomic E-state index is 0.235. The van der Waals surface area contributed by atoms with Crippen LogP contribution in [-0.4, -0.2) is 14.5 Å². The predicted octanol–water partition coefficient (Wildman–Crippen LogP) is 8.70. The predicted molar refractivity (Wildman–Crippen MR) is 155 cm³/mol. The van der Waals surface area contributed by atoms with Crippen LogP contribution in [0.3, 0.4) is 0 Å². The zero-order valence-corrected chi connectivity index (χ0v) is 21.6. The molecule has 1 nitrogen and oxygen atoms in total. The Hall–Kier alpha value is -3.84. The maximum atomic E-state index is 2.47. The third-order valence-corrected chi connectivity index (χ3v) is 9.24. The normalized spacial score (nSPS) is 12.7. The monoisotopic (exact) mass is 527 g/mol. The fourth-order valence-electron chi connectivity index (χ4n) is 5.42.